The number of guanidine groups is 1. The third-order valence-electron chi connectivity index (χ3n) is 4.79. The molecule has 0 aromatic rings. The summed E-state index contributed by atoms with van der Waals surface area (Å²) in [6.07, 6.45) is 8.92. The molecule has 1 saturated heterocycles. The van der Waals surface area contributed by atoms with Crippen LogP contribution in [0, 0.1) is 5.92 Å². The first-order chi connectivity index (χ1) is 10.7. The van der Waals surface area contributed by atoms with Gasteiger partial charge in [0.2, 0.25) is 0 Å². The number of hydrogen-bond donors (Lipinski definition) is 2. The fourth-order valence-corrected chi connectivity index (χ4v) is 3.19. The highest BCUT2D eigenvalue weighted by Gasteiger charge is 2.19. The van der Waals surface area contributed by atoms with Crippen LogP contribution >= 0.6 is 24.0 Å². The summed E-state index contributed by atoms with van der Waals surface area (Å²) in [7, 11) is 1.88. The smallest absolute Gasteiger partial charge is 0.191 e. The summed E-state index contributed by atoms with van der Waals surface area (Å²) in [6, 6.07) is 0.579. The zero-order chi connectivity index (χ0) is 16.2. The van der Waals surface area contributed by atoms with Crippen LogP contribution in [0.5, 0.6) is 0 Å². The van der Waals surface area contributed by atoms with Gasteiger partial charge in [-0.2, -0.15) is 0 Å². The van der Waals surface area contributed by atoms with E-state index in [1.807, 2.05) is 7.05 Å². The molecular formula is C18H39IN4. The molecule has 0 bridgehead atoms. The number of hydrogen-bond acceptors (Lipinski definition) is 2. The fraction of sp³-hybridized carbons (Fsp3) is 0.944. The Kier molecular flexibility index (Phi) is 14.3. The van der Waals surface area contributed by atoms with Gasteiger partial charge in [0.25, 0.3) is 0 Å². The van der Waals surface area contributed by atoms with Crippen molar-refractivity contribution in [3.05, 3.63) is 0 Å². The van der Waals surface area contributed by atoms with Crippen LogP contribution in [0.4, 0.5) is 0 Å². The summed E-state index contributed by atoms with van der Waals surface area (Å²) >= 11 is 0. The molecule has 0 amide bonds. The molecule has 0 saturated carbocycles. The number of nitrogens with one attached hydrogen (secondary N) is 2. The molecule has 5 heteroatoms. The van der Waals surface area contributed by atoms with Crippen molar-refractivity contribution in [2.45, 2.75) is 71.8 Å². The molecule has 1 atom stereocenters. The highest BCUT2D eigenvalue weighted by molar-refractivity contribution is 14.0. The predicted octanol–water partition coefficient (Wildman–Crippen LogP) is 3.86. The van der Waals surface area contributed by atoms with E-state index in [9.17, 15) is 0 Å². The molecule has 0 aromatic heterocycles. The van der Waals surface area contributed by atoms with Crippen LogP contribution in [0.15, 0.2) is 4.99 Å². The fourth-order valence-electron chi connectivity index (χ4n) is 3.19. The Bertz CT molecular complexity index is 301. The Morgan fingerprint density at radius 1 is 1.17 bits per heavy atom. The molecule has 2 N–H and O–H groups in total. The average molecular weight is 438 g/mol. The molecule has 1 unspecified atom stereocenters. The molecule has 4 nitrogen and oxygen atoms in total. The van der Waals surface area contributed by atoms with Gasteiger partial charge in [-0.3, -0.25) is 4.99 Å². The van der Waals surface area contributed by atoms with Gasteiger partial charge in [0.15, 0.2) is 5.96 Å². The van der Waals surface area contributed by atoms with E-state index >= 15 is 0 Å². The maximum absolute atomic E-state index is 4.40. The van der Waals surface area contributed by atoms with E-state index < -0.39 is 0 Å². The minimum atomic E-state index is 0. The number of nitrogens with zero attached hydrogens (tertiary/aromatic N) is 2. The monoisotopic (exact) mass is 438 g/mol. The lowest BCUT2D eigenvalue weighted by Gasteiger charge is -2.33. The van der Waals surface area contributed by atoms with Gasteiger partial charge >= 0.3 is 0 Å². The van der Waals surface area contributed by atoms with Gasteiger partial charge in [-0.05, 0) is 38.1 Å². The Hall–Kier alpha value is -0.0400. The number of halogens is 1. The van der Waals surface area contributed by atoms with Crippen LogP contribution < -0.4 is 10.6 Å². The second-order valence-electron chi connectivity index (χ2n) is 6.63. The topological polar surface area (TPSA) is 39.7 Å². The molecule has 0 spiro atoms. The number of piperidine rings is 1. The van der Waals surface area contributed by atoms with E-state index in [2.05, 4.69) is 41.3 Å². The SMILES string of the molecule is CCCCC(CC)CNC(=NC)NC1CCN(CCC)CC1.I. The molecule has 1 heterocycles. The molecule has 0 radical (unpaired) electrons. The van der Waals surface area contributed by atoms with Crippen molar-refractivity contribution < 1.29 is 0 Å². The molecule has 0 aromatic carbocycles. The second kappa shape index (κ2) is 14.3. The van der Waals surface area contributed by atoms with Crippen LogP contribution in [0.3, 0.4) is 0 Å². The standard InChI is InChI=1S/C18H38N4.HI/c1-5-8-9-16(7-3)15-20-18(19-4)21-17-10-13-22(12-6-2)14-11-17;/h16-17H,5-15H2,1-4H3,(H2,19,20,21);1H. The minimum Gasteiger partial charge on any atom is -0.356 e. The van der Waals surface area contributed by atoms with Crippen molar-refractivity contribution in [1.29, 1.82) is 0 Å². The van der Waals surface area contributed by atoms with Gasteiger partial charge in [0.05, 0.1) is 0 Å². The summed E-state index contributed by atoms with van der Waals surface area (Å²) in [4.78, 5) is 6.98. The second-order valence-corrected chi connectivity index (χ2v) is 6.63. The number of rotatable bonds is 9. The molecule has 1 fully saturated rings. The van der Waals surface area contributed by atoms with E-state index in [1.165, 1.54) is 64.6 Å². The summed E-state index contributed by atoms with van der Waals surface area (Å²) < 4.78 is 0. The number of unbranched alkanes of at least 4 members (excludes halogenated alkanes) is 1. The van der Waals surface area contributed by atoms with Crippen LogP contribution in [-0.4, -0.2) is 50.1 Å². The van der Waals surface area contributed by atoms with Crippen molar-refractivity contribution in [2.24, 2.45) is 10.9 Å². The highest BCUT2D eigenvalue weighted by atomic mass is 127. The summed E-state index contributed by atoms with van der Waals surface area (Å²) in [5.41, 5.74) is 0. The molecule has 0 aliphatic carbocycles. The first-order valence-corrected chi connectivity index (χ1v) is 9.42. The van der Waals surface area contributed by atoms with Gasteiger partial charge in [-0.25, -0.2) is 0 Å². The van der Waals surface area contributed by atoms with Gasteiger partial charge < -0.3 is 15.5 Å². The van der Waals surface area contributed by atoms with Crippen molar-refractivity contribution in [1.82, 2.24) is 15.5 Å². The quantitative estimate of drug-likeness (QED) is 0.326. The third-order valence-corrected chi connectivity index (χ3v) is 4.79. The van der Waals surface area contributed by atoms with E-state index in [0.717, 1.165) is 18.4 Å². The predicted molar refractivity (Wildman–Crippen MR) is 113 cm³/mol. The van der Waals surface area contributed by atoms with Crippen molar-refractivity contribution in [3.63, 3.8) is 0 Å². The van der Waals surface area contributed by atoms with Gasteiger partial charge in [0, 0.05) is 32.7 Å². The lowest BCUT2D eigenvalue weighted by Crippen LogP contribution is -2.49. The zero-order valence-electron chi connectivity index (χ0n) is 15.7. The first-order valence-electron chi connectivity index (χ1n) is 9.42. The van der Waals surface area contributed by atoms with E-state index in [1.54, 1.807) is 0 Å². The zero-order valence-corrected chi connectivity index (χ0v) is 18.1. The Labute approximate surface area is 161 Å². The molecule has 1 aliphatic rings. The van der Waals surface area contributed by atoms with E-state index in [0.29, 0.717) is 6.04 Å². The van der Waals surface area contributed by atoms with E-state index in [4.69, 9.17) is 0 Å². The number of likely N-dealkylation sites (tertiary alicyclic amines) is 1. The first kappa shape index (κ1) is 23.0. The highest BCUT2D eigenvalue weighted by Crippen LogP contribution is 2.12. The van der Waals surface area contributed by atoms with Crippen molar-refractivity contribution in [2.75, 3.05) is 33.2 Å². The molecule has 138 valence electrons. The van der Waals surface area contributed by atoms with Crippen LogP contribution in [-0.2, 0) is 0 Å². The summed E-state index contributed by atoms with van der Waals surface area (Å²) in [5.74, 6) is 1.76. The van der Waals surface area contributed by atoms with Gasteiger partial charge in [-0.15, -0.1) is 24.0 Å². The number of aliphatic imine (C=N–C) groups is 1. The lowest BCUT2D eigenvalue weighted by molar-refractivity contribution is 0.206. The molecule has 23 heavy (non-hydrogen) atoms. The van der Waals surface area contributed by atoms with Crippen molar-refractivity contribution >= 4 is 29.9 Å². The summed E-state index contributed by atoms with van der Waals surface area (Å²) in [6.45, 7) is 11.6. The Balaban J connectivity index is 0.00000484. The third kappa shape index (κ3) is 9.75. The van der Waals surface area contributed by atoms with Crippen LogP contribution in [0.2, 0.25) is 0 Å². The van der Waals surface area contributed by atoms with E-state index in [-0.39, 0.29) is 24.0 Å². The van der Waals surface area contributed by atoms with Crippen LogP contribution in [0.25, 0.3) is 0 Å². The lowest BCUT2D eigenvalue weighted by atomic mass is 9.99. The largest absolute Gasteiger partial charge is 0.356 e. The van der Waals surface area contributed by atoms with Crippen molar-refractivity contribution in [3.8, 4) is 0 Å². The molecular weight excluding hydrogens is 399 g/mol. The van der Waals surface area contributed by atoms with Gasteiger partial charge in [-0.1, -0.05) is 40.0 Å². The molecule has 1 rings (SSSR count). The molecule has 1 aliphatic heterocycles. The normalized spacial score (nSPS) is 18.3. The maximum atomic E-state index is 4.40. The van der Waals surface area contributed by atoms with Crippen LogP contribution in [0.1, 0.15) is 65.7 Å². The Morgan fingerprint density at radius 2 is 1.87 bits per heavy atom. The summed E-state index contributed by atoms with van der Waals surface area (Å²) in [5, 5.41) is 7.15. The minimum absolute atomic E-state index is 0. The maximum Gasteiger partial charge on any atom is 0.191 e. The average Bonchev–Trinajstić information content (AvgIpc) is 2.55. The Morgan fingerprint density at radius 3 is 2.39 bits per heavy atom. The van der Waals surface area contributed by atoms with Gasteiger partial charge in [0.1, 0.15) is 0 Å².